The van der Waals surface area contributed by atoms with E-state index < -0.39 is 28.5 Å². The van der Waals surface area contributed by atoms with Gasteiger partial charge in [0.15, 0.2) is 5.78 Å². The van der Waals surface area contributed by atoms with Crippen molar-refractivity contribution in [2.45, 2.75) is 19.1 Å². The second kappa shape index (κ2) is 6.69. The van der Waals surface area contributed by atoms with Gasteiger partial charge in [-0.25, -0.2) is 0 Å². The predicted molar refractivity (Wildman–Crippen MR) is 82.0 cm³/mol. The fourth-order valence-electron chi connectivity index (χ4n) is 2.09. The van der Waals surface area contributed by atoms with Crippen LogP contribution in [0.3, 0.4) is 0 Å². The molecule has 0 fully saturated rings. The van der Waals surface area contributed by atoms with Crippen LogP contribution in [0.5, 0.6) is 0 Å². The van der Waals surface area contributed by atoms with Crippen molar-refractivity contribution >= 4 is 17.2 Å². The van der Waals surface area contributed by atoms with Crippen molar-refractivity contribution in [3.63, 3.8) is 0 Å². The predicted octanol–water partition coefficient (Wildman–Crippen LogP) is 4.30. The number of benzene rings is 2. The van der Waals surface area contributed by atoms with E-state index in [1.807, 2.05) is 0 Å². The van der Waals surface area contributed by atoms with Gasteiger partial charge in [-0.15, -0.1) is 0 Å². The number of Topliss-reactive ketones (excluding diaryl/α,β-unsaturated/α-hetero) is 1. The first-order valence-electron chi connectivity index (χ1n) is 6.91. The summed E-state index contributed by atoms with van der Waals surface area (Å²) in [5.41, 5.74) is -0.603. The molecule has 0 amide bonds. The molecule has 0 radical (unpaired) electrons. The molecule has 0 saturated carbocycles. The van der Waals surface area contributed by atoms with Gasteiger partial charge < -0.3 is 5.32 Å². The van der Waals surface area contributed by atoms with Crippen molar-refractivity contribution in [1.29, 1.82) is 0 Å². The molecule has 2 aromatic carbocycles. The molecule has 24 heavy (non-hydrogen) atoms. The van der Waals surface area contributed by atoms with Gasteiger partial charge in [0.25, 0.3) is 5.69 Å². The molecule has 0 bridgehead atoms. The summed E-state index contributed by atoms with van der Waals surface area (Å²) in [6.07, 6.45) is -4.52. The summed E-state index contributed by atoms with van der Waals surface area (Å²) < 4.78 is 38.1. The summed E-state index contributed by atoms with van der Waals surface area (Å²) in [6.45, 7) is 1.50. The molecule has 0 aliphatic rings. The Bertz CT molecular complexity index is 758. The maximum atomic E-state index is 12.7. The zero-order chi connectivity index (χ0) is 17.9. The monoisotopic (exact) mass is 338 g/mol. The molecule has 5 nitrogen and oxygen atoms in total. The zero-order valence-electron chi connectivity index (χ0n) is 12.5. The Balaban J connectivity index is 2.13. The third kappa shape index (κ3) is 4.09. The van der Waals surface area contributed by atoms with Crippen LogP contribution in [-0.2, 0) is 6.18 Å². The van der Waals surface area contributed by atoms with Crippen molar-refractivity contribution in [3.05, 3.63) is 69.8 Å². The van der Waals surface area contributed by atoms with Gasteiger partial charge in [-0.05, 0) is 31.2 Å². The lowest BCUT2D eigenvalue weighted by molar-refractivity contribution is -0.384. The van der Waals surface area contributed by atoms with Gasteiger partial charge in [-0.2, -0.15) is 13.2 Å². The van der Waals surface area contributed by atoms with Crippen LogP contribution in [0.15, 0.2) is 48.5 Å². The molecule has 1 N–H and O–H groups in total. The first-order valence-corrected chi connectivity index (χ1v) is 6.91. The van der Waals surface area contributed by atoms with E-state index in [9.17, 15) is 28.1 Å². The number of carbonyl (C=O) groups excluding carboxylic acids is 1. The van der Waals surface area contributed by atoms with Crippen LogP contribution in [0.25, 0.3) is 0 Å². The number of nitrogens with zero attached hydrogens (tertiary/aromatic N) is 1. The van der Waals surface area contributed by atoms with Gasteiger partial charge in [0.2, 0.25) is 0 Å². The fourth-order valence-corrected chi connectivity index (χ4v) is 2.09. The van der Waals surface area contributed by atoms with Crippen LogP contribution >= 0.6 is 0 Å². The number of ketones is 1. The van der Waals surface area contributed by atoms with Gasteiger partial charge >= 0.3 is 6.18 Å². The lowest BCUT2D eigenvalue weighted by Gasteiger charge is -2.15. The zero-order valence-corrected chi connectivity index (χ0v) is 12.5. The number of non-ortho nitro benzene ring substituents is 1. The molecular weight excluding hydrogens is 325 g/mol. The second-order valence-electron chi connectivity index (χ2n) is 5.11. The molecule has 0 aliphatic carbocycles. The van der Waals surface area contributed by atoms with Crippen LogP contribution in [-0.4, -0.2) is 16.7 Å². The van der Waals surface area contributed by atoms with E-state index in [0.717, 1.165) is 12.1 Å². The molecule has 1 unspecified atom stereocenters. The Kier molecular flexibility index (Phi) is 4.87. The number of nitro groups is 1. The Morgan fingerprint density at radius 2 is 1.79 bits per heavy atom. The number of halogens is 3. The van der Waals surface area contributed by atoms with Crippen LogP contribution < -0.4 is 5.32 Å². The minimum Gasteiger partial charge on any atom is -0.375 e. The van der Waals surface area contributed by atoms with Gasteiger partial charge in [0.05, 0.1) is 16.5 Å². The van der Waals surface area contributed by atoms with E-state index in [-0.39, 0.29) is 11.3 Å². The number of anilines is 1. The molecular formula is C16H13F3N2O3. The highest BCUT2D eigenvalue weighted by molar-refractivity contribution is 6.01. The molecule has 0 aliphatic heterocycles. The van der Waals surface area contributed by atoms with Crippen LogP contribution in [0.2, 0.25) is 0 Å². The molecule has 0 saturated heterocycles. The Morgan fingerprint density at radius 3 is 2.33 bits per heavy atom. The first kappa shape index (κ1) is 17.5. The van der Waals surface area contributed by atoms with E-state index in [2.05, 4.69) is 5.32 Å². The van der Waals surface area contributed by atoms with E-state index in [1.165, 1.54) is 43.3 Å². The minimum absolute atomic E-state index is 0.0632. The highest BCUT2D eigenvalue weighted by Gasteiger charge is 2.31. The SMILES string of the molecule is CC(Nc1ccc([N+](=O)[O-])cc1)C(=O)c1cccc(C(F)(F)F)c1. The average molecular weight is 338 g/mol. The molecule has 126 valence electrons. The summed E-state index contributed by atoms with van der Waals surface area (Å²) in [5.74, 6) is -0.514. The largest absolute Gasteiger partial charge is 0.416 e. The number of carbonyl (C=O) groups is 1. The summed E-state index contributed by atoms with van der Waals surface area (Å²) in [5, 5.41) is 13.4. The number of alkyl halides is 3. The van der Waals surface area contributed by atoms with Crippen molar-refractivity contribution in [2.24, 2.45) is 0 Å². The van der Waals surface area contributed by atoms with Crippen molar-refractivity contribution < 1.29 is 22.9 Å². The molecule has 2 aromatic rings. The maximum Gasteiger partial charge on any atom is 0.416 e. The van der Waals surface area contributed by atoms with E-state index in [4.69, 9.17) is 0 Å². The van der Waals surface area contributed by atoms with Gasteiger partial charge in [-0.1, -0.05) is 12.1 Å². The van der Waals surface area contributed by atoms with E-state index in [0.29, 0.717) is 5.69 Å². The van der Waals surface area contributed by atoms with Crippen molar-refractivity contribution in [3.8, 4) is 0 Å². The number of hydrogen-bond acceptors (Lipinski definition) is 4. The Morgan fingerprint density at radius 1 is 1.17 bits per heavy atom. The Labute approximate surface area is 135 Å². The molecule has 0 aromatic heterocycles. The van der Waals surface area contributed by atoms with Crippen molar-refractivity contribution in [1.82, 2.24) is 0 Å². The third-order valence-corrected chi connectivity index (χ3v) is 3.33. The van der Waals surface area contributed by atoms with E-state index >= 15 is 0 Å². The van der Waals surface area contributed by atoms with Gasteiger partial charge in [0.1, 0.15) is 0 Å². The highest BCUT2D eigenvalue weighted by Crippen LogP contribution is 2.29. The summed E-state index contributed by atoms with van der Waals surface area (Å²) in [6, 6.07) is 8.77. The quantitative estimate of drug-likeness (QED) is 0.501. The van der Waals surface area contributed by atoms with Crippen LogP contribution in [0.4, 0.5) is 24.5 Å². The Hall–Kier alpha value is -2.90. The standard InChI is InChI=1S/C16H13F3N2O3/c1-10(20-13-5-7-14(8-6-13)21(23)24)15(22)11-3-2-4-12(9-11)16(17,18)19/h2-10,20H,1H3. The normalized spacial score (nSPS) is 12.5. The lowest BCUT2D eigenvalue weighted by atomic mass is 10.0. The number of nitrogens with one attached hydrogen (secondary N) is 1. The molecule has 8 heteroatoms. The molecule has 0 spiro atoms. The van der Waals surface area contributed by atoms with Crippen LogP contribution in [0, 0.1) is 10.1 Å². The first-order chi connectivity index (χ1) is 11.2. The lowest BCUT2D eigenvalue weighted by Crippen LogP contribution is -2.26. The molecule has 1 atom stereocenters. The average Bonchev–Trinajstić information content (AvgIpc) is 2.54. The number of hydrogen-bond donors (Lipinski definition) is 1. The summed E-state index contributed by atoms with van der Waals surface area (Å²) in [7, 11) is 0. The maximum absolute atomic E-state index is 12.7. The van der Waals surface area contributed by atoms with Crippen LogP contribution in [0.1, 0.15) is 22.8 Å². The van der Waals surface area contributed by atoms with E-state index in [1.54, 1.807) is 0 Å². The smallest absolute Gasteiger partial charge is 0.375 e. The molecule has 0 heterocycles. The third-order valence-electron chi connectivity index (χ3n) is 3.33. The number of rotatable bonds is 5. The van der Waals surface area contributed by atoms with Gasteiger partial charge in [-0.3, -0.25) is 14.9 Å². The fraction of sp³-hybridized carbons (Fsp3) is 0.188. The minimum atomic E-state index is -4.52. The summed E-state index contributed by atoms with van der Waals surface area (Å²) >= 11 is 0. The van der Waals surface area contributed by atoms with Gasteiger partial charge in [0, 0.05) is 23.4 Å². The van der Waals surface area contributed by atoms with Crippen molar-refractivity contribution in [2.75, 3.05) is 5.32 Å². The molecule has 2 rings (SSSR count). The highest BCUT2D eigenvalue weighted by atomic mass is 19.4. The second-order valence-corrected chi connectivity index (χ2v) is 5.11. The number of nitro benzene ring substituents is 1. The topological polar surface area (TPSA) is 72.2 Å². The summed E-state index contributed by atoms with van der Waals surface area (Å²) in [4.78, 5) is 22.3.